The lowest BCUT2D eigenvalue weighted by atomic mass is 10.1. The van der Waals surface area contributed by atoms with Crippen molar-refractivity contribution in [2.24, 2.45) is 0 Å². The third-order valence-corrected chi connectivity index (χ3v) is 3.36. The maximum absolute atomic E-state index is 12.0. The van der Waals surface area contributed by atoms with E-state index in [9.17, 15) is 14.9 Å². The van der Waals surface area contributed by atoms with Crippen molar-refractivity contribution in [3.8, 4) is 0 Å². The summed E-state index contributed by atoms with van der Waals surface area (Å²) in [4.78, 5) is 22.6. The first-order valence-corrected chi connectivity index (χ1v) is 6.98. The van der Waals surface area contributed by atoms with E-state index in [4.69, 9.17) is 11.6 Å². The molecular formula is C11H10ClN5O3S. The Bertz CT molecular complexity index is 677. The number of hydrogen-bond acceptors (Lipinski definition) is 7. The van der Waals surface area contributed by atoms with Gasteiger partial charge in [0.15, 0.2) is 0 Å². The molecule has 0 radical (unpaired) electrons. The zero-order valence-electron chi connectivity index (χ0n) is 10.8. The quantitative estimate of drug-likeness (QED) is 0.645. The van der Waals surface area contributed by atoms with Crippen LogP contribution in [0.2, 0.25) is 5.02 Å². The zero-order valence-corrected chi connectivity index (χ0v) is 12.4. The van der Waals surface area contributed by atoms with Gasteiger partial charge < -0.3 is 10.6 Å². The monoisotopic (exact) mass is 327 g/mol. The number of anilines is 2. The molecular weight excluding hydrogens is 318 g/mol. The molecule has 2 aromatic rings. The van der Waals surface area contributed by atoms with Gasteiger partial charge in [-0.15, -0.1) is 5.10 Å². The molecule has 1 amide bonds. The van der Waals surface area contributed by atoms with E-state index in [0.717, 1.165) is 11.5 Å². The van der Waals surface area contributed by atoms with Crippen molar-refractivity contribution in [3.63, 3.8) is 0 Å². The molecule has 21 heavy (non-hydrogen) atoms. The van der Waals surface area contributed by atoms with Gasteiger partial charge in [0.1, 0.15) is 10.7 Å². The Morgan fingerprint density at radius 3 is 2.86 bits per heavy atom. The number of nitro benzene ring substituents is 1. The molecule has 0 spiro atoms. The van der Waals surface area contributed by atoms with Crippen LogP contribution < -0.4 is 10.6 Å². The Morgan fingerprint density at radius 1 is 1.52 bits per heavy atom. The Morgan fingerprint density at radius 2 is 2.29 bits per heavy atom. The summed E-state index contributed by atoms with van der Waals surface area (Å²) in [7, 11) is 0. The van der Waals surface area contributed by atoms with Gasteiger partial charge in [-0.1, -0.05) is 16.1 Å². The zero-order chi connectivity index (χ0) is 15.4. The number of amides is 1. The first-order valence-electron chi connectivity index (χ1n) is 5.83. The van der Waals surface area contributed by atoms with Gasteiger partial charge in [-0.05, 0) is 13.0 Å². The van der Waals surface area contributed by atoms with E-state index in [2.05, 4.69) is 20.2 Å². The third-order valence-electron chi connectivity index (χ3n) is 2.48. The molecule has 2 rings (SSSR count). The minimum Gasteiger partial charge on any atom is -0.379 e. The second-order valence-electron chi connectivity index (χ2n) is 3.88. The summed E-state index contributed by atoms with van der Waals surface area (Å²) in [6, 6.07) is 2.55. The highest BCUT2D eigenvalue weighted by Crippen LogP contribution is 2.34. The van der Waals surface area contributed by atoms with Crippen LogP contribution in [0.25, 0.3) is 0 Å². The van der Waals surface area contributed by atoms with Gasteiger partial charge in [0.25, 0.3) is 11.6 Å². The van der Waals surface area contributed by atoms with Gasteiger partial charge in [0, 0.05) is 29.7 Å². The van der Waals surface area contributed by atoms with E-state index in [-0.39, 0.29) is 22.0 Å². The predicted molar refractivity (Wildman–Crippen MR) is 80.1 cm³/mol. The highest BCUT2D eigenvalue weighted by Gasteiger charge is 2.21. The van der Waals surface area contributed by atoms with Crippen LogP contribution >= 0.6 is 23.1 Å². The van der Waals surface area contributed by atoms with E-state index < -0.39 is 10.8 Å². The molecule has 1 aromatic heterocycles. The van der Waals surface area contributed by atoms with Crippen LogP contribution in [0, 0.1) is 10.1 Å². The van der Waals surface area contributed by atoms with Gasteiger partial charge in [-0.2, -0.15) is 0 Å². The van der Waals surface area contributed by atoms with Crippen LogP contribution in [0.4, 0.5) is 16.4 Å². The lowest BCUT2D eigenvalue weighted by molar-refractivity contribution is -0.384. The fourth-order valence-corrected chi connectivity index (χ4v) is 2.32. The summed E-state index contributed by atoms with van der Waals surface area (Å²) in [5.41, 5.74) is 0.0267. The fraction of sp³-hybridized carbons (Fsp3) is 0.182. The number of nitrogens with zero attached hydrogens (tertiary/aromatic N) is 3. The Hall–Kier alpha value is -2.26. The summed E-state index contributed by atoms with van der Waals surface area (Å²) in [5, 5.41) is 20.6. The number of hydrogen-bond donors (Lipinski definition) is 2. The lowest BCUT2D eigenvalue weighted by Gasteiger charge is -2.09. The molecule has 0 bridgehead atoms. The molecule has 0 aliphatic rings. The van der Waals surface area contributed by atoms with Gasteiger partial charge in [0.05, 0.1) is 16.1 Å². The first kappa shape index (κ1) is 15.1. The van der Waals surface area contributed by atoms with Crippen LogP contribution in [-0.4, -0.2) is 27.0 Å². The number of carbonyl (C=O) groups excluding carboxylic acids is 1. The molecule has 110 valence electrons. The molecule has 10 heteroatoms. The SMILES string of the molecule is CCNc1c(Cl)cc(C(=O)Nc2cnns2)cc1[N+](=O)[O-]. The molecule has 0 aliphatic carbocycles. The summed E-state index contributed by atoms with van der Waals surface area (Å²) in [6.07, 6.45) is 1.38. The second kappa shape index (κ2) is 6.46. The number of aromatic nitrogens is 2. The molecule has 0 saturated heterocycles. The first-order chi connectivity index (χ1) is 10.0. The average molecular weight is 328 g/mol. The van der Waals surface area contributed by atoms with E-state index in [1.54, 1.807) is 6.92 Å². The van der Waals surface area contributed by atoms with Crippen molar-refractivity contribution in [1.82, 2.24) is 9.59 Å². The molecule has 0 aliphatic heterocycles. The third kappa shape index (κ3) is 3.44. The summed E-state index contributed by atoms with van der Waals surface area (Å²) in [5.74, 6) is -0.519. The highest BCUT2D eigenvalue weighted by atomic mass is 35.5. The predicted octanol–water partition coefficient (Wildman–Crippen LogP) is 2.78. The molecule has 1 heterocycles. The van der Waals surface area contributed by atoms with E-state index in [0.29, 0.717) is 11.5 Å². The van der Waals surface area contributed by atoms with Crippen molar-refractivity contribution in [2.45, 2.75) is 6.92 Å². The van der Waals surface area contributed by atoms with E-state index >= 15 is 0 Å². The highest BCUT2D eigenvalue weighted by molar-refractivity contribution is 7.10. The van der Waals surface area contributed by atoms with Crippen molar-refractivity contribution in [1.29, 1.82) is 0 Å². The second-order valence-corrected chi connectivity index (χ2v) is 5.07. The fourth-order valence-electron chi connectivity index (χ4n) is 1.63. The smallest absolute Gasteiger partial charge is 0.294 e. The average Bonchev–Trinajstić information content (AvgIpc) is 2.93. The van der Waals surface area contributed by atoms with Crippen LogP contribution in [0.5, 0.6) is 0 Å². The lowest BCUT2D eigenvalue weighted by Crippen LogP contribution is -2.12. The van der Waals surface area contributed by atoms with Crippen molar-refractivity contribution >= 4 is 45.4 Å². The molecule has 8 nitrogen and oxygen atoms in total. The molecule has 2 N–H and O–H groups in total. The van der Waals surface area contributed by atoms with Crippen molar-refractivity contribution in [2.75, 3.05) is 17.2 Å². The van der Waals surface area contributed by atoms with Crippen LogP contribution in [0.1, 0.15) is 17.3 Å². The molecule has 0 unspecified atom stereocenters. The number of carbonyl (C=O) groups is 1. The van der Waals surface area contributed by atoms with Gasteiger partial charge >= 0.3 is 0 Å². The summed E-state index contributed by atoms with van der Waals surface area (Å²) in [6.45, 7) is 2.26. The topological polar surface area (TPSA) is 110 Å². The minimum absolute atomic E-state index is 0.0850. The Kier molecular flexibility index (Phi) is 4.66. The van der Waals surface area contributed by atoms with E-state index in [1.165, 1.54) is 18.3 Å². The maximum atomic E-state index is 12.0. The number of nitro groups is 1. The maximum Gasteiger partial charge on any atom is 0.294 e. The van der Waals surface area contributed by atoms with Crippen molar-refractivity contribution in [3.05, 3.63) is 39.0 Å². The Balaban J connectivity index is 2.36. The molecule has 0 saturated carbocycles. The van der Waals surface area contributed by atoms with Crippen LogP contribution in [0.3, 0.4) is 0 Å². The largest absolute Gasteiger partial charge is 0.379 e. The van der Waals surface area contributed by atoms with Crippen LogP contribution in [0.15, 0.2) is 18.3 Å². The molecule has 1 aromatic carbocycles. The van der Waals surface area contributed by atoms with Gasteiger partial charge in [0.2, 0.25) is 0 Å². The van der Waals surface area contributed by atoms with E-state index in [1.807, 2.05) is 0 Å². The summed E-state index contributed by atoms with van der Waals surface area (Å²) < 4.78 is 3.60. The normalized spacial score (nSPS) is 10.2. The standard InChI is InChI=1S/C11H10ClN5O3S/c1-2-13-10-7(12)3-6(4-8(10)17(19)20)11(18)15-9-5-14-16-21-9/h3-5,13H,2H2,1H3,(H,15,18). The minimum atomic E-state index is -0.588. The molecule has 0 atom stereocenters. The van der Waals surface area contributed by atoms with Crippen LogP contribution in [-0.2, 0) is 0 Å². The molecule has 0 fully saturated rings. The number of benzene rings is 1. The van der Waals surface area contributed by atoms with Gasteiger partial charge in [-0.3, -0.25) is 14.9 Å². The van der Waals surface area contributed by atoms with Gasteiger partial charge in [-0.25, -0.2) is 0 Å². The number of nitrogens with one attached hydrogen (secondary N) is 2. The number of rotatable bonds is 5. The van der Waals surface area contributed by atoms with Crippen molar-refractivity contribution < 1.29 is 9.72 Å². The number of halogens is 1. The summed E-state index contributed by atoms with van der Waals surface area (Å²) >= 11 is 7.01. The Labute approximate surface area is 128 Å².